The Morgan fingerprint density at radius 3 is 2.79 bits per heavy atom. The van der Waals surface area contributed by atoms with Crippen LogP contribution in [0.3, 0.4) is 0 Å². The number of hydrogen-bond acceptors (Lipinski definition) is 6. The van der Waals surface area contributed by atoms with Crippen molar-refractivity contribution in [2.75, 3.05) is 13.1 Å². The van der Waals surface area contributed by atoms with Gasteiger partial charge in [0.15, 0.2) is 0 Å². The van der Waals surface area contributed by atoms with Crippen molar-refractivity contribution in [3.8, 4) is 0 Å². The number of nitrogens with two attached hydrogens (primary N) is 1. The standard InChI is InChI=1S/C20H21N5O3/c21-19(26)18(16-6-1-2-7-17(16)25(27)28)24-14-20(8-4-10-23-13-20)11-15-5-3-9-22-12-15/h1-10,12,18,24H,11,13-14H2,(H2,21,26). The zero-order chi connectivity index (χ0) is 20.0. The predicted molar refractivity (Wildman–Crippen MR) is 106 cm³/mol. The Kier molecular flexibility index (Phi) is 5.90. The fraction of sp³-hybridized carbons (Fsp3) is 0.250. The van der Waals surface area contributed by atoms with Crippen LogP contribution in [0.15, 0.2) is 65.9 Å². The summed E-state index contributed by atoms with van der Waals surface area (Å²) in [5, 5.41) is 14.5. The number of dihydropyridines is 1. The highest BCUT2D eigenvalue weighted by atomic mass is 16.6. The molecule has 2 aromatic rings. The number of aromatic nitrogens is 1. The highest BCUT2D eigenvalue weighted by molar-refractivity contribution is 5.82. The average Bonchev–Trinajstić information content (AvgIpc) is 2.69. The number of rotatable bonds is 8. The second kappa shape index (κ2) is 8.53. The Morgan fingerprint density at radius 2 is 2.14 bits per heavy atom. The van der Waals surface area contributed by atoms with Gasteiger partial charge in [-0.15, -0.1) is 0 Å². The largest absolute Gasteiger partial charge is 0.368 e. The SMILES string of the molecule is NC(=O)C(NCC1(Cc2cccnc2)C=CC=NC1)c1ccccc1[N+](=O)[O-]. The molecule has 3 N–H and O–H groups in total. The van der Waals surface area contributed by atoms with E-state index in [0.717, 1.165) is 5.56 Å². The van der Waals surface area contributed by atoms with Gasteiger partial charge in [0.1, 0.15) is 6.04 Å². The molecule has 0 spiro atoms. The normalized spacial score (nSPS) is 19.3. The van der Waals surface area contributed by atoms with Crippen LogP contribution in [-0.4, -0.2) is 35.1 Å². The highest BCUT2D eigenvalue weighted by Gasteiger charge is 2.32. The number of carbonyl (C=O) groups excluding carboxylic acids is 1. The van der Waals surface area contributed by atoms with Gasteiger partial charge in [-0.25, -0.2) is 0 Å². The molecule has 1 aliphatic heterocycles. The molecule has 28 heavy (non-hydrogen) atoms. The minimum Gasteiger partial charge on any atom is -0.368 e. The van der Waals surface area contributed by atoms with Gasteiger partial charge in [-0.05, 0) is 24.1 Å². The fourth-order valence-electron chi connectivity index (χ4n) is 3.36. The van der Waals surface area contributed by atoms with Gasteiger partial charge in [0.2, 0.25) is 5.91 Å². The number of pyridine rings is 1. The fourth-order valence-corrected chi connectivity index (χ4v) is 3.36. The van der Waals surface area contributed by atoms with Crippen LogP contribution in [-0.2, 0) is 11.2 Å². The molecule has 2 atom stereocenters. The maximum atomic E-state index is 12.1. The van der Waals surface area contributed by atoms with E-state index in [1.807, 2.05) is 24.3 Å². The molecule has 0 saturated heterocycles. The summed E-state index contributed by atoms with van der Waals surface area (Å²) in [4.78, 5) is 31.4. The Morgan fingerprint density at radius 1 is 1.32 bits per heavy atom. The van der Waals surface area contributed by atoms with E-state index in [9.17, 15) is 14.9 Å². The quantitative estimate of drug-likeness (QED) is 0.536. The third kappa shape index (κ3) is 4.47. The first-order valence-corrected chi connectivity index (χ1v) is 8.83. The minimum atomic E-state index is -0.980. The molecule has 1 amide bonds. The molecule has 1 aliphatic rings. The molecule has 0 saturated carbocycles. The lowest BCUT2D eigenvalue weighted by Gasteiger charge is -2.32. The third-order valence-corrected chi connectivity index (χ3v) is 4.71. The summed E-state index contributed by atoms with van der Waals surface area (Å²) in [5.74, 6) is -0.672. The number of hydrogen-bond donors (Lipinski definition) is 2. The van der Waals surface area contributed by atoms with E-state index >= 15 is 0 Å². The molecule has 8 nitrogen and oxygen atoms in total. The minimum absolute atomic E-state index is 0.141. The molecule has 0 radical (unpaired) electrons. The number of nitro benzene ring substituents is 1. The van der Waals surface area contributed by atoms with Gasteiger partial charge in [0.05, 0.1) is 10.5 Å². The first-order chi connectivity index (χ1) is 13.5. The zero-order valence-corrected chi connectivity index (χ0v) is 15.2. The van der Waals surface area contributed by atoms with Crippen molar-refractivity contribution in [2.45, 2.75) is 12.5 Å². The number of nitrogens with zero attached hydrogens (tertiary/aromatic N) is 3. The van der Waals surface area contributed by atoms with Gasteiger partial charge < -0.3 is 11.1 Å². The monoisotopic (exact) mass is 379 g/mol. The number of primary amides is 1. The average molecular weight is 379 g/mol. The van der Waals surface area contributed by atoms with E-state index in [2.05, 4.69) is 15.3 Å². The van der Waals surface area contributed by atoms with Gasteiger partial charge >= 0.3 is 0 Å². The Balaban J connectivity index is 1.85. The Hall–Kier alpha value is -3.39. The van der Waals surface area contributed by atoms with Crippen LogP contribution in [0.4, 0.5) is 5.69 Å². The number of aliphatic imine (C=N–C) groups is 1. The number of benzene rings is 1. The smallest absolute Gasteiger partial charge is 0.274 e. The number of nitrogens with one attached hydrogen (secondary N) is 1. The molecule has 0 aliphatic carbocycles. The van der Waals surface area contributed by atoms with Crippen molar-refractivity contribution in [1.29, 1.82) is 0 Å². The summed E-state index contributed by atoms with van der Waals surface area (Å²) in [7, 11) is 0. The number of carbonyl (C=O) groups is 1. The van der Waals surface area contributed by atoms with Crippen molar-refractivity contribution in [2.24, 2.45) is 16.1 Å². The van der Waals surface area contributed by atoms with Crippen LogP contribution < -0.4 is 11.1 Å². The van der Waals surface area contributed by atoms with E-state index in [-0.39, 0.29) is 11.3 Å². The summed E-state index contributed by atoms with van der Waals surface area (Å²) in [6, 6.07) is 8.98. The van der Waals surface area contributed by atoms with Crippen LogP contribution >= 0.6 is 0 Å². The molecular weight excluding hydrogens is 358 g/mol. The Labute approximate surface area is 162 Å². The Bertz CT molecular complexity index is 913. The first kappa shape index (κ1) is 19.4. The second-order valence-electron chi connectivity index (χ2n) is 6.78. The number of nitro groups is 1. The van der Waals surface area contributed by atoms with Crippen molar-refractivity contribution in [3.05, 3.63) is 82.2 Å². The van der Waals surface area contributed by atoms with Crippen molar-refractivity contribution in [1.82, 2.24) is 10.3 Å². The topological polar surface area (TPSA) is 124 Å². The van der Waals surface area contributed by atoms with Gasteiger partial charge in [-0.1, -0.05) is 30.3 Å². The van der Waals surface area contributed by atoms with Crippen LogP contribution in [0.1, 0.15) is 17.2 Å². The molecule has 2 heterocycles. The van der Waals surface area contributed by atoms with Gasteiger partial charge in [0.25, 0.3) is 5.69 Å². The summed E-state index contributed by atoms with van der Waals surface area (Å²) in [6.45, 7) is 0.892. The summed E-state index contributed by atoms with van der Waals surface area (Å²) >= 11 is 0. The van der Waals surface area contributed by atoms with Gasteiger partial charge in [0, 0.05) is 43.2 Å². The molecule has 0 fully saturated rings. The van der Waals surface area contributed by atoms with Crippen molar-refractivity contribution >= 4 is 17.8 Å². The highest BCUT2D eigenvalue weighted by Crippen LogP contribution is 2.30. The van der Waals surface area contributed by atoms with Gasteiger partial charge in [-0.2, -0.15) is 0 Å². The number of amides is 1. The van der Waals surface area contributed by atoms with E-state index in [0.29, 0.717) is 19.5 Å². The molecular formula is C20H21N5O3. The maximum Gasteiger partial charge on any atom is 0.274 e. The van der Waals surface area contributed by atoms with Crippen LogP contribution in [0.25, 0.3) is 0 Å². The molecule has 144 valence electrons. The van der Waals surface area contributed by atoms with Crippen molar-refractivity contribution < 1.29 is 9.72 Å². The van der Waals surface area contributed by atoms with Crippen molar-refractivity contribution in [3.63, 3.8) is 0 Å². The van der Waals surface area contributed by atoms with Gasteiger partial charge in [-0.3, -0.25) is 24.9 Å². The summed E-state index contributed by atoms with van der Waals surface area (Å²) < 4.78 is 0. The lowest BCUT2D eigenvalue weighted by Crippen LogP contribution is -2.43. The van der Waals surface area contributed by atoms with E-state index < -0.39 is 22.3 Å². The number of allylic oxidation sites excluding steroid dienone is 1. The molecule has 3 rings (SSSR count). The lowest BCUT2D eigenvalue weighted by atomic mass is 9.80. The molecule has 2 unspecified atom stereocenters. The van der Waals surface area contributed by atoms with E-state index in [1.165, 1.54) is 6.07 Å². The molecule has 1 aromatic heterocycles. The third-order valence-electron chi connectivity index (χ3n) is 4.71. The molecule has 0 bridgehead atoms. The number of para-hydroxylation sites is 1. The van der Waals surface area contributed by atoms with E-state index in [1.54, 1.807) is 36.8 Å². The lowest BCUT2D eigenvalue weighted by molar-refractivity contribution is -0.385. The van der Waals surface area contributed by atoms with Crippen LogP contribution in [0, 0.1) is 15.5 Å². The molecule has 1 aromatic carbocycles. The molecule has 8 heteroatoms. The second-order valence-corrected chi connectivity index (χ2v) is 6.78. The van der Waals surface area contributed by atoms with Crippen LogP contribution in [0.2, 0.25) is 0 Å². The first-order valence-electron chi connectivity index (χ1n) is 8.83. The predicted octanol–water partition coefficient (Wildman–Crippen LogP) is 1.98. The summed E-state index contributed by atoms with van der Waals surface area (Å²) in [6.07, 6.45) is 9.80. The van der Waals surface area contributed by atoms with Crippen LogP contribution in [0.5, 0.6) is 0 Å². The van der Waals surface area contributed by atoms with E-state index in [4.69, 9.17) is 5.73 Å². The summed E-state index contributed by atoms with van der Waals surface area (Å²) in [5.41, 5.74) is 6.32. The maximum absolute atomic E-state index is 12.1. The zero-order valence-electron chi connectivity index (χ0n) is 15.2.